The number of allylic oxidation sites excluding steroid dienone is 1. The number of alkyl halides is 1. The van der Waals surface area contributed by atoms with Crippen LogP contribution in [0.4, 0.5) is 0 Å². The second-order valence-electron chi connectivity index (χ2n) is 3.34. The fourth-order valence-electron chi connectivity index (χ4n) is 1.32. The molecule has 1 aromatic rings. The zero-order valence-corrected chi connectivity index (χ0v) is 9.93. The maximum Gasteiger partial charge on any atom is 0.0300 e. The van der Waals surface area contributed by atoms with E-state index in [-0.39, 0.29) is 0 Å². The van der Waals surface area contributed by atoms with E-state index in [0.717, 1.165) is 0 Å². The Balaban J connectivity index is 3.00. The van der Waals surface area contributed by atoms with E-state index >= 15 is 0 Å². The maximum absolute atomic E-state index is 3.49. The summed E-state index contributed by atoms with van der Waals surface area (Å²) in [4.78, 5) is 0.437. The van der Waals surface area contributed by atoms with E-state index in [9.17, 15) is 0 Å². The van der Waals surface area contributed by atoms with E-state index < -0.39 is 0 Å². The highest BCUT2D eigenvalue weighted by atomic mass is 79.9. The fraction of sp³-hybridized carbons (Fsp3) is 0.333. The molecule has 0 bridgehead atoms. The molecule has 0 N–H and O–H groups in total. The lowest BCUT2D eigenvalue weighted by atomic mass is 10.0. The molecule has 1 unspecified atom stereocenters. The molecule has 1 rings (SSSR count). The summed E-state index contributed by atoms with van der Waals surface area (Å²) in [5.74, 6) is 0. The molecular weight excluding hydrogens is 224 g/mol. The Kier molecular flexibility index (Phi) is 3.73. The van der Waals surface area contributed by atoms with Crippen molar-refractivity contribution in [2.75, 3.05) is 0 Å². The first-order valence-electron chi connectivity index (χ1n) is 4.49. The van der Waals surface area contributed by atoms with Crippen LogP contribution in [0.25, 0.3) is 6.08 Å². The molecule has 1 atom stereocenters. The quantitative estimate of drug-likeness (QED) is 0.681. The van der Waals surface area contributed by atoms with Gasteiger partial charge in [-0.3, -0.25) is 0 Å². The van der Waals surface area contributed by atoms with Crippen molar-refractivity contribution < 1.29 is 0 Å². The summed E-state index contributed by atoms with van der Waals surface area (Å²) >= 11 is 3.49. The molecule has 0 aliphatic carbocycles. The van der Waals surface area contributed by atoms with Crippen LogP contribution in [0, 0.1) is 13.8 Å². The van der Waals surface area contributed by atoms with Gasteiger partial charge < -0.3 is 0 Å². The second-order valence-corrected chi connectivity index (χ2v) is 4.79. The standard InChI is InChI=1S/C12H15Br/c1-9-5-4-6-10(2)12(9)8-7-11(3)13/h4-8,11H,1-3H3/b8-7+. The van der Waals surface area contributed by atoms with Crippen LogP contribution in [0.1, 0.15) is 23.6 Å². The average Bonchev–Trinajstić information content (AvgIpc) is 2.03. The highest BCUT2D eigenvalue weighted by Gasteiger charge is 1.97. The van der Waals surface area contributed by atoms with Gasteiger partial charge in [0.2, 0.25) is 0 Å². The molecule has 0 spiro atoms. The van der Waals surface area contributed by atoms with E-state index in [1.807, 2.05) is 0 Å². The summed E-state index contributed by atoms with van der Waals surface area (Å²) in [5.41, 5.74) is 4.02. The Hall–Kier alpha value is -0.560. The topological polar surface area (TPSA) is 0 Å². The van der Waals surface area contributed by atoms with Crippen molar-refractivity contribution in [3.05, 3.63) is 41.0 Å². The molecule has 70 valence electrons. The third-order valence-corrected chi connectivity index (χ3v) is 2.38. The molecule has 0 aliphatic rings. The highest BCUT2D eigenvalue weighted by molar-refractivity contribution is 9.09. The molecular formula is C12H15Br. The molecule has 0 radical (unpaired) electrons. The van der Waals surface area contributed by atoms with Crippen LogP contribution in [0.2, 0.25) is 0 Å². The number of hydrogen-bond acceptors (Lipinski definition) is 0. The minimum atomic E-state index is 0.437. The van der Waals surface area contributed by atoms with Gasteiger partial charge in [0.15, 0.2) is 0 Å². The summed E-state index contributed by atoms with van der Waals surface area (Å²) in [6.07, 6.45) is 4.35. The van der Waals surface area contributed by atoms with E-state index in [0.29, 0.717) is 4.83 Å². The number of hydrogen-bond donors (Lipinski definition) is 0. The molecule has 0 heterocycles. The summed E-state index contributed by atoms with van der Waals surface area (Å²) in [7, 11) is 0. The maximum atomic E-state index is 3.49. The molecule has 1 heteroatoms. The van der Waals surface area contributed by atoms with Crippen LogP contribution in [0.3, 0.4) is 0 Å². The molecule has 0 fully saturated rings. The van der Waals surface area contributed by atoms with Gasteiger partial charge in [0.25, 0.3) is 0 Å². The summed E-state index contributed by atoms with van der Waals surface area (Å²) in [6, 6.07) is 6.39. The van der Waals surface area contributed by atoms with Gasteiger partial charge in [-0.15, -0.1) is 0 Å². The van der Waals surface area contributed by atoms with Crippen molar-refractivity contribution in [2.24, 2.45) is 0 Å². The van der Waals surface area contributed by atoms with Crippen LogP contribution >= 0.6 is 15.9 Å². The van der Waals surface area contributed by atoms with E-state index in [1.54, 1.807) is 0 Å². The van der Waals surface area contributed by atoms with Crippen molar-refractivity contribution in [1.82, 2.24) is 0 Å². The normalized spacial score (nSPS) is 13.5. The van der Waals surface area contributed by atoms with Gasteiger partial charge in [-0.25, -0.2) is 0 Å². The first-order chi connectivity index (χ1) is 6.11. The minimum absolute atomic E-state index is 0.437. The smallest absolute Gasteiger partial charge is 0.0300 e. The zero-order valence-electron chi connectivity index (χ0n) is 8.34. The largest absolute Gasteiger partial charge is 0.0848 e. The first kappa shape index (κ1) is 10.5. The minimum Gasteiger partial charge on any atom is -0.0848 e. The number of aryl methyl sites for hydroxylation is 2. The monoisotopic (exact) mass is 238 g/mol. The lowest BCUT2D eigenvalue weighted by Gasteiger charge is -2.04. The van der Waals surface area contributed by atoms with Gasteiger partial charge in [0.05, 0.1) is 0 Å². The molecule has 1 aromatic carbocycles. The Morgan fingerprint density at radius 3 is 2.23 bits per heavy atom. The van der Waals surface area contributed by atoms with Crippen molar-refractivity contribution in [2.45, 2.75) is 25.6 Å². The lowest BCUT2D eigenvalue weighted by molar-refractivity contribution is 1.28. The fourth-order valence-corrected chi connectivity index (χ4v) is 1.47. The molecule has 13 heavy (non-hydrogen) atoms. The van der Waals surface area contributed by atoms with Gasteiger partial charge in [0.1, 0.15) is 0 Å². The summed E-state index contributed by atoms with van der Waals surface area (Å²) in [6.45, 7) is 6.40. The number of halogens is 1. The van der Waals surface area contributed by atoms with Crippen LogP contribution in [-0.4, -0.2) is 4.83 Å². The average molecular weight is 239 g/mol. The van der Waals surface area contributed by atoms with Gasteiger partial charge in [-0.1, -0.05) is 46.3 Å². The van der Waals surface area contributed by atoms with E-state index in [2.05, 4.69) is 67.1 Å². The number of benzene rings is 1. The van der Waals surface area contributed by atoms with Crippen molar-refractivity contribution in [3.63, 3.8) is 0 Å². The van der Waals surface area contributed by atoms with Gasteiger partial charge in [-0.05, 0) is 37.5 Å². The van der Waals surface area contributed by atoms with Gasteiger partial charge in [0, 0.05) is 4.83 Å². The Labute approximate surface area is 88.8 Å². The Bertz CT molecular complexity index is 291. The third kappa shape index (κ3) is 3.00. The SMILES string of the molecule is Cc1cccc(C)c1/C=C/C(C)Br. The van der Waals surface area contributed by atoms with Gasteiger partial charge in [-0.2, -0.15) is 0 Å². The predicted octanol–water partition coefficient (Wildman–Crippen LogP) is 4.10. The van der Waals surface area contributed by atoms with Gasteiger partial charge >= 0.3 is 0 Å². The second kappa shape index (κ2) is 4.61. The highest BCUT2D eigenvalue weighted by Crippen LogP contribution is 2.16. The van der Waals surface area contributed by atoms with Crippen LogP contribution in [0.15, 0.2) is 24.3 Å². The lowest BCUT2D eigenvalue weighted by Crippen LogP contribution is -1.87. The van der Waals surface area contributed by atoms with E-state index in [4.69, 9.17) is 0 Å². The predicted molar refractivity (Wildman–Crippen MR) is 63.3 cm³/mol. The van der Waals surface area contributed by atoms with Crippen LogP contribution < -0.4 is 0 Å². The zero-order chi connectivity index (χ0) is 9.84. The van der Waals surface area contributed by atoms with Crippen molar-refractivity contribution in [1.29, 1.82) is 0 Å². The molecule has 0 aromatic heterocycles. The molecule has 0 saturated carbocycles. The third-order valence-electron chi connectivity index (χ3n) is 2.07. The van der Waals surface area contributed by atoms with Crippen molar-refractivity contribution >= 4 is 22.0 Å². The molecule has 0 nitrogen and oxygen atoms in total. The van der Waals surface area contributed by atoms with Crippen LogP contribution in [-0.2, 0) is 0 Å². The van der Waals surface area contributed by atoms with E-state index in [1.165, 1.54) is 16.7 Å². The number of rotatable bonds is 2. The molecule has 0 amide bonds. The molecule has 0 aliphatic heterocycles. The summed E-state index contributed by atoms with van der Waals surface area (Å²) < 4.78 is 0. The van der Waals surface area contributed by atoms with Crippen LogP contribution in [0.5, 0.6) is 0 Å². The first-order valence-corrected chi connectivity index (χ1v) is 5.41. The van der Waals surface area contributed by atoms with Crippen molar-refractivity contribution in [3.8, 4) is 0 Å². The molecule has 0 saturated heterocycles. The Morgan fingerprint density at radius 1 is 1.23 bits per heavy atom. The Morgan fingerprint density at radius 2 is 1.77 bits per heavy atom. The summed E-state index contributed by atoms with van der Waals surface area (Å²) in [5, 5.41) is 0.